The van der Waals surface area contributed by atoms with Crippen molar-refractivity contribution in [3.05, 3.63) is 54.0 Å². The summed E-state index contributed by atoms with van der Waals surface area (Å²) in [6, 6.07) is 10.3. The van der Waals surface area contributed by atoms with Crippen LogP contribution in [-0.2, 0) is 0 Å². The third-order valence-corrected chi connectivity index (χ3v) is 5.88. The fourth-order valence-corrected chi connectivity index (χ4v) is 4.60. The third kappa shape index (κ3) is 4.82. The van der Waals surface area contributed by atoms with Gasteiger partial charge in [-0.05, 0) is 61.9 Å². The molecule has 1 aliphatic carbocycles. The molecule has 2 N–H and O–H groups in total. The zero-order valence-electron chi connectivity index (χ0n) is 16.1. The van der Waals surface area contributed by atoms with Gasteiger partial charge in [0.25, 0.3) is 0 Å². The summed E-state index contributed by atoms with van der Waals surface area (Å²) in [5, 5.41) is 19.6. The van der Waals surface area contributed by atoms with Crippen LogP contribution in [0.1, 0.15) is 37.2 Å². The van der Waals surface area contributed by atoms with Crippen LogP contribution >= 0.6 is 0 Å². The number of carbonyl (C=O) groups is 1. The Hall–Kier alpha value is -2.74. The highest BCUT2D eigenvalue weighted by molar-refractivity contribution is 5.64. The number of carboxylic acid groups (broad SMARTS) is 1. The van der Waals surface area contributed by atoms with Gasteiger partial charge in [-0.2, -0.15) is 5.10 Å². The number of amides is 1. The van der Waals surface area contributed by atoms with E-state index in [1.165, 1.54) is 12.1 Å². The maximum absolute atomic E-state index is 13.3. The number of hydrogen-bond acceptors (Lipinski definition) is 5. The van der Waals surface area contributed by atoms with Crippen molar-refractivity contribution in [1.29, 1.82) is 0 Å². The van der Waals surface area contributed by atoms with Crippen LogP contribution in [0.25, 0.3) is 0 Å². The fraction of sp³-hybridized carbons (Fsp3) is 0.476. The Balaban J connectivity index is 1.52. The normalized spacial score (nSPS) is 27.5. The molecule has 2 heterocycles. The van der Waals surface area contributed by atoms with E-state index in [4.69, 9.17) is 9.84 Å². The Labute approximate surface area is 168 Å². The van der Waals surface area contributed by atoms with Crippen LogP contribution in [0.4, 0.5) is 9.18 Å². The van der Waals surface area contributed by atoms with Crippen LogP contribution in [0.5, 0.6) is 5.88 Å². The van der Waals surface area contributed by atoms with Crippen LogP contribution < -0.4 is 10.1 Å². The molecule has 1 aliphatic heterocycles. The number of likely N-dealkylation sites (tertiary alicyclic amines) is 1. The van der Waals surface area contributed by atoms with E-state index in [2.05, 4.69) is 20.4 Å². The molecule has 1 aromatic carbocycles. The summed E-state index contributed by atoms with van der Waals surface area (Å²) in [6.07, 6.45) is 3.96. The minimum Gasteiger partial charge on any atom is -0.472 e. The van der Waals surface area contributed by atoms with Gasteiger partial charge in [0.15, 0.2) is 0 Å². The van der Waals surface area contributed by atoms with Gasteiger partial charge in [0, 0.05) is 30.9 Å². The molecule has 2 aromatic rings. The zero-order chi connectivity index (χ0) is 20.2. The van der Waals surface area contributed by atoms with E-state index in [1.54, 1.807) is 18.3 Å². The largest absolute Gasteiger partial charge is 0.472 e. The Morgan fingerprint density at radius 3 is 2.79 bits per heavy atom. The highest BCUT2D eigenvalue weighted by Crippen LogP contribution is 2.39. The molecule has 3 unspecified atom stereocenters. The standard InChI is InChI=1S/C21H25FN4O3/c22-16-7-5-14(6-8-16)15-11-18(19(12-15)29-20-4-1-9-23-25-20)26-10-2-3-17(13-26)24-21(27)28/h1,4-9,15,17-19,24H,2-3,10-13H2,(H,27,28)/t15?,17-,18?,19?/m1/s1. The van der Waals surface area contributed by atoms with Gasteiger partial charge in [-0.1, -0.05) is 12.1 Å². The van der Waals surface area contributed by atoms with Crippen molar-refractivity contribution in [1.82, 2.24) is 20.4 Å². The highest BCUT2D eigenvalue weighted by Gasteiger charge is 2.41. The summed E-state index contributed by atoms with van der Waals surface area (Å²) < 4.78 is 19.6. The number of nitrogens with zero attached hydrogens (tertiary/aromatic N) is 3. The molecule has 4 atom stereocenters. The first-order valence-corrected chi connectivity index (χ1v) is 10.0. The second-order valence-electron chi connectivity index (χ2n) is 7.79. The minimum atomic E-state index is -0.986. The number of piperidine rings is 1. The van der Waals surface area contributed by atoms with Gasteiger partial charge in [-0.25, -0.2) is 9.18 Å². The van der Waals surface area contributed by atoms with Gasteiger partial charge in [0.05, 0.1) is 0 Å². The summed E-state index contributed by atoms with van der Waals surface area (Å²) in [6.45, 7) is 1.56. The third-order valence-electron chi connectivity index (χ3n) is 5.88. The molecule has 0 spiro atoms. The summed E-state index contributed by atoms with van der Waals surface area (Å²) in [5.41, 5.74) is 1.10. The van der Waals surface area contributed by atoms with Crippen molar-refractivity contribution >= 4 is 6.09 Å². The lowest BCUT2D eigenvalue weighted by Gasteiger charge is -2.38. The molecule has 1 saturated carbocycles. The quantitative estimate of drug-likeness (QED) is 0.802. The maximum Gasteiger partial charge on any atom is 0.404 e. The monoisotopic (exact) mass is 400 g/mol. The molecule has 4 rings (SSSR count). The van der Waals surface area contributed by atoms with Crippen molar-refractivity contribution in [2.24, 2.45) is 0 Å². The average molecular weight is 400 g/mol. The number of rotatable bonds is 5. The molecule has 1 aromatic heterocycles. The molecule has 0 bridgehead atoms. The fourth-order valence-electron chi connectivity index (χ4n) is 4.60. The number of halogens is 1. The topological polar surface area (TPSA) is 87.6 Å². The zero-order valence-corrected chi connectivity index (χ0v) is 16.1. The Bertz CT molecular complexity index is 820. The van der Waals surface area contributed by atoms with E-state index >= 15 is 0 Å². The summed E-state index contributed by atoms with van der Waals surface area (Å²) >= 11 is 0. The molecular weight excluding hydrogens is 375 g/mol. The second kappa shape index (κ2) is 8.73. The van der Waals surface area contributed by atoms with Gasteiger partial charge < -0.3 is 15.2 Å². The minimum absolute atomic E-state index is 0.0803. The van der Waals surface area contributed by atoms with E-state index in [0.717, 1.165) is 37.8 Å². The molecule has 2 fully saturated rings. The number of benzene rings is 1. The van der Waals surface area contributed by atoms with Gasteiger partial charge in [-0.15, -0.1) is 5.10 Å². The Morgan fingerprint density at radius 2 is 2.07 bits per heavy atom. The summed E-state index contributed by atoms with van der Waals surface area (Å²) in [4.78, 5) is 13.4. The molecule has 29 heavy (non-hydrogen) atoms. The van der Waals surface area contributed by atoms with Gasteiger partial charge in [0.2, 0.25) is 5.88 Å². The van der Waals surface area contributed by atoms with Crippen LogP contribution in [0.15, 0.2) is 42.6 Å². The Morgan fingerprint density at radius 1 is 1.24 bits per heavy atom. The molecule has 2 aliphatic rings. The van der Waals surface area contributed by atoms with Crippen molar-refractivity contribution in [3.8, 4) is 5.88 Å². The van der Waals surface area contributed by atoms with Crippen molar-refractivity contribution < 1.29 is 19.0 Å². The van der Waals surface area contributed by atoms with Crippen LogP contribution in [0, 0.1) is 5.82 Å². The number of ether oxygens (including phenoxy) is 1. The predicted octanol–water partition coefficient (Wildman–Crippen LogP) is 3.04. The SMILES string of the molecule is O=C(O)N[C@@H]1CCCN(C2CC(c3ccc(F)cc3)CC2Oc2cccnn2)C1. The first-order valence-electron chi connectivity index (χ1n) is 10.0. The summed E-state index contributed by atoms with van der Waals surface area (Å²) in [5.74, 6) is 0.490. The number of aromatic nitrogens is 2. The molecule has 154 valence electrons. The van der Waals surface area contributed by atoms with E-state index < -0.39 is 6.09 Å². The molecule has 7 nitrogen and oxygen atoms in total. The maximum atomic E-state index is 13.3. The van der Waals surface area contributed by atoms with E-state index in [1.807, 2.05) is 12.1 Å². The predicted molar refractivity (Wildman–Crippen MR) is 104 cm³/mol. The number of hydrogen-bond donors (Lipinski definition) is 2. The van der Waals surface area contributed by atoms with E-state index in [0.29, 0.717) is 12.4 Å². The van der Waals surface area contributed by atoms with Crippen LogP contribution in [0.3, 0.4) is 0 Å². The molecule has 1 saturated heterocycles. The molecule has 8 heteroatoms. The summed E-state index contributed by atoms with van der Waals surface area (Å²) in [7, 11) is 0. The van der Waals surface area contributed by atoms with Crippen molar-refractivity contribution in [2.75, 3.05) is 13.1 Å². The molecular formula is C21H25FN4O3. The molecule has 0 radical (unpaired) electrons. The van der Waals surface area contributed by atoms with Gasteiger partial charge in [-0.3, -0.25) is 4.90 Å². The smallest absolute Gasteiger partial charge is 0.404 e. The second-order valence-corrected chi connectivity index (χ2v) is 7.79. The van der Waals surface area contributed by atoms with Crippen molar-refractivity contribution in [3.63, 3.8) is 0 Å². The van der Waals surface area contributed by atoms with E-state index in [9.17, 15) is 9.18 Å². The molecule has 1 amide bonds. The first-order chi connectivity index (χ1) is 14.1. The van der Waals surface area contributed by atoms with Crippen LogP contribution in [0.2, 0.25) is 0 Å². The lowest BCUT2D eigenvalue weighted by Crippen LogP contribution is -2.53. The van der Waals surface area contributed by atoms with E-state index in [-0.39, 0.29) is 29.9 Å². The van der Waals surface area contributed by atoms with Gasteiger partial charge in [0.1, 0.15) is 11.9 Å². The van der Waals surface area contributed by atoms with Crippen molar-refractivity contribution in [2.45, 2.75) is 49.8 Å². The Kier molecular flexibility index (Phi) is 5.89. The lowest BCUT2D eigenvalue weighted by molar-refractivity contribution is 0.0602. The average Bonchev–Trinajstić information content (AvgIpc) is 3.13. The lowest BCUT2D eigenvalue weighted by atomic mass is 9.97. The van der Waals surface area contributed by atoms with Gasteiger partial charge >= 0.3 is 6.09 Å². The first kappa shape index (κ1) is 19.6. The highest BCUT2D eigenvalue weighted by atomic mass is 19.1. The van der Waals surface area contributed by atoms with Crippen LogP contribution in [-0.4, -0.2) is 57.6 Å². The number of nitrogens with one attached hydrogen (secondary N) is 1.